The van der Waals surface area contributed by atoms with E-state index in [1.807, 2.05) is 30.3 Å². The molecule has 1 aliphatic rings. The van der Waals surface area contributed by atoms with E-state index in [4.69, 9.17) is 9.47 Å². The van der Waals surface area contributed by atoms with Crippen molar-refractivity contribution in [1.29, 1.82) is 0 Å². The van der Waals surface area contributed by atoms with Gasteiger partial charge in [-0.05, 0) is 23.1 Å². The Hall–Kier alpha value is -1.68. The first-order valence-corrected chi connectivity index (χ1v) is 7.33. The van der Waals surface area contributed by atoms with Crippen LogP contribution in [0.5, 0.6) is 0 Å². The second kappa shape index (κ2) is 6.85. The van der Waals surface area contributed by atoms with Crippen LogP contribution in [0.25, 0.3) is 0 Å². The quantitative estimate of drug-likeness (QED) is 0.938. The van der Waals surface area contributed by atoms with Gasteiger partial charge in [0.2, 0.25) is 0 Å². The molecule has 21 heavy (non-hydrogen) atoms. The molecule has 2 aromatic rings. The van der Waals surface area contributed by atoms with Crippen molar-refractivity contribution < 1.29 is 14.6 Å². The van der Waals surface area contributed by atoms with Crippen LogP contribution in [0.1, 0.15) is 22.8 Å². The Morgan fingerprint density at radius 2 is 1.67 bits per heavy atom. The molecule has 0 saturated carbocycles. The smallest absolute Gasteiger partial charge is 0.111 e. The van der Waals surface area contributed by atoms with E-state index in [0.29, 0.717) is 19.8 Å². The largest absolute Gasteiger partial charge is 0.386 e. The number of aliphatic hydroxyl groups excluding tert-OH is 1. The maximum Gasteiger partial charge on any atom is 0.111 e. The molecule has 0 spiro atoms. The van der Waals surface area contributed by atoms with Crippen LogP contribution < -0.4 is 0 Å². The Bertz CT molecular complexity index is 544. The fraction of sp³-hybridized carbons (Fsp3) is 0.333. The zero-order valence-corrected chi connectivity index (χ0v) is 11.9. The molecular formula is C18H20O3. The molecule has 3 nitrogen and oxygen atoms in total. The number of aliphatic hydroxyl groups is 1. The van der Waals surface area contributed by atoms with E-state index in [0.717, 1.165) is 12.0 Å². The van der Waals surface area contributed by atoms with Crippen molar-refractivity contribution in [1.82, 2.24) is 0 Å². The summed E-state index contributed by atoms with van der Waals surface area (Å²) in [5, 5.41) is 10.3. The fourth-order valence-electron chi connectivity index (χ4n) is 2.57. The maximum atomic E-state index is 10.3. The molecule has 1 N–H and O–H groups in total. The van der Waals surface area contributed by atoms with Crippen molar-refractivity contribution in [3.63, 3.8) is 0 Å². The highest BCUT2D eigenvalue weighted by molar-refractivity contribution is 5.29. The summed E-state index contributed by atoms with van der Waals surface area (Å²) in [6.07, 6.45) is 0.00933. The lowest BCUT2D eigenvalue weighted by molar-refractivity contribution is -0.133. The number of rotatable bonds is 4. The van der Waals surface area contributed by atoms with E-state index in [2.05, 4.69) is 24.3 Å². The minimum Gasteiger partial charge on any atom is -0.386 e. The van der Waals surface area contributed by atoms with E-state index >= 15 is 0 Å². The Balaban J connectivity index is 1.66. The molecule has 1 aliphatic heterocycles. The molecular weight excluding hydrogens is 264 g/mol. The third-order valence-corrected chi connectivity index (χ3v) is 3.77. The molecule has 0 radical (unpaired) electrons. The second-order valence-corrected chi connectivity index (χ2v) is 5.33. The first-order chi connectivity index (χ1) is 10.3. The van der Waals surface area contributed by atoms with E-state index in [1.54, 1.807) is 0 Å². The normalized spacial score (nSPS) is 20.1. The minimum atomic E-state index is -0.629. The average Bonchev–Trinajstić information content (AvgIpc) is 2.57. The lowest BCUT2D eigenvalue weighted by atomic mass is 9.99. The SMILES string of the molecule is OC(c1ccc(Cc2ccccc2)cc1)C1COCCO1. The molecule has 2 unspecified atom stereocenters. The summed E-state index contributed by atoms with van der Waals surface area (Å²) in [6, 6.07) is 18.4. The van der Waals surface area contributed by atoms with E-state index < -0.39 is 6.10 Å². The summed E-state index contributed by atoms with van der Waals surface area (Å²) in [5.41, 5.74) is 3.40. The van der Waals surface area contributed by atoms with Crippen LogP contribution in [-0.4, -0.2) is 31.0 Å². The Morgan fingerprint density at radius 1 is 0.952 bits per heavy atom. The van der Waals surface area contributed by atoms with Gasteiger partial charge in [-0.15, -0.1) is 0 Å². The number of hydrogen-bond donors (Lipinski definition) is 1. The van der Waals surface area contributed by atoms with Crippen LogP contribution in [0.2, 0.25) is 0 Å². The van der Waals surface area contributed by atoms with Crippen molar-refractivity contribution in [2.45, 2.75) is 18.6 Å². The van der Waals surface area contributed by atoms with Gasteiger partial charge < -0.3 is 14.6 Å². The van der Waals surface area contributed by atoms with Gasteiger partial charge in [0.15, 0.2) is 0 Å². The van der Waals surface area contributed by atoms with E-state index in [1.165, 1.54) is 11.1 Å². The summed E-state index contributed by atoms with van der Waals surface area (Å²) < 4.78 is 10.9. The van der Waals surface area contributed by atoms with Gasteiger partial charge in [0.25, 0.3) is 0 Å². The molecule has 0 bridgehead atoms. The highest BCUT2D eigenvalue weighted by Gasteiger charge is 2.24. The van der Waals surface area contributed by atoms with Crippen LogP contribution in [0, 0.1) is 0 Å². The van der Waals surface area contributed by atoms with Gasteiger partial charge >= 0.3 is 0 Å². The molecule has 0 aromatic heterocycles. The van der Waals surface area contributed by atoms with Gasteiger partial charge in [-0.1, -0.05) is 54.6 Å². The number of benzene rings is 2. The summed E-state index contributed by atoms with van der Waals surface area (Å²) in [5.74, 6) is 0. The molecule has 3 heteroatoms. The highest BCUT2D eigenvalue weighted by atomic mass is 16.6. The second-order valence-electron chi connectivity index (χ2n) is 5.33. The maximum absolute atomic E-state index is 10.3. The van der Waals surface area contributed by atoms with Gasteiger partial charge in [0.1, 0.15) is 12.2 Å². The van der Waals surface area contributed by atoms with Crippen molar-refractivity contribution in [2.75, 3.05) is 19.8 Å². The Kier molecular flexibility index (Phi) is 4.65. The van der Waals surface area contributed by atoms with Gasteiger partial charge in [-0.25, -0.2) is 0 Å². The average molecular weight is 284 g/mol. The summed E-state index contributed by atoms with van der Waals surface area (Å²) in [4.78, 5) is 0. The van der Waals surface area contributed by atoms with Gasteiger partial charge in [0, 0.05) is 0 Å². The van der Waals surface area contributed by atoms with Gasteiger partial charge in [-0.3, -0.25) is 0 Å². The standard InChI is InChI=1S/C18H20O3/c19-18(17-13-20-10-11-21-17)16-8-6-15(7-9-16)12-14-4-2-1-3-5-14/h1-9,17-19H,10-13H2. The minimum absolute atomic E-state index is 0.265. The van der Waals surface area contributed by atoms with Crippen molar-refractivity contribution >= 4 is 0 Å². The van der Waals surface area contributed by atoms with Gasteiger partial charge in [0.05, 0.1) is 19.8 Å². The topological polar surface area (TPSA) is 38.7 Å². The lowest BCUT2D eigenvalue weighted by Crippen LogP contribution is -2.33. The molecule has 2 atom stereocenters. The third kappa shape index (κ3) is 3.70. The van der Waals surface area contributed by atoms with E-state index in [9.17, 15) is 5.11 Å². The third-order valence-electron chi connectivity index (χ3n) is 3.77. The van der Waals surface area contributed by atoms with Crippen LogP contribution in [0.15, 0.2) is 54.6 Å². The van der Waals surface area contributed by atoms with Crippen LogP contribution in [-0.2, 0) is 15.9 Å². The number of hydrogen-bond acceptors (Lipinski definition) is 3. The summed E-state index contributed by atoms with van der Waals surface area (Å²) in [6.45, 7) is 1.61. The van der Waals surface area contributed by atoms with Crippen LogP contribution in [0.4, 0.5) is 0 Å². The van der Waals surface area contributed by atoms with E-state index in [-0.39, 0.29) is 6.10 Å². The number of ether oxygens (including phenoxy) is 2. The van der Waals surface area contributed by atoms with Crippen molar-refractivity contribution in [2.24, 2.45) is 0 Å². The fourth-order valence-corrected chi connectivity index (χ4v) is 2.57. The Morgan fingerprint density at radius 3 is 2.33 bits per heavy atom. The first-order valence-electron chi connectivity index (χ1n) is 7.33. The monoisotopic (exact) mass is 284 g/mol. The molecule has 1 heterocycles. The van der Waals surface area contributed by atoms with Crippen molar-refractivity contribution in [3.05, 3.63) is 71.3 Å². The van der Waals surface area contributed by atoms with Crippen LogP contribution in [0.3, 0.4) is 0 Å². The first kappa shape index (κ1) is 14.3. The molecule has 2 aromatic carbocycles. The molecule has 1 fully saturated rings. The zero-order valence-electron chi connectivity index (χ0n) is 11.9. The summed E-state index contributed by atoms with van der Waals surface area (Å²) in [7, 11) is 0. The predicted octanol–water partition coefficient (Wildman–Crippen LogP) is 2.73. The van der Waals surface area contributed by atoms with Crippen LogP contribution >= 0.6 is 0 Å². The van der Waals surface area contributed by atoms with Gasteiger partial charge in [-0.2, -0.15) is 0 Å². The molecule has 1 saturated heterocycles. The zero-order chi connectivity index (χ0) is 14.5. The molecule has 3 rings (SSSR count). The Labute approximate surface area is 125 Å². The molecule has 0 aliphatic carbocycles. The molecule has 110 valence electrons. The van der Waals surface area contributed by atoms with Crippen molar-refractivity contribution in [3.8, 4) is 0 Å². The lowest BCUT2D eigenvalue weighted by Gasteiger charge is -2.27. The predicted molar refractivity (Wildman–Crippen MR) is 81.2 cm³/mol. The highest BCUT2D eigenvalue weighted by Crippen LogP contribution is 2.22. The molecule has 0 amide bonds. The summed E-state index contributed by atoms with van der Waals surface area (Å²) >= 11 is 0.